The van der Waals surface area contributed by atoms with Gasteiger partial charge in [0.25, 0.3) is 0 Å². The zero-order valence-corrected chi connectivity index (χ0v) is 11.7. The first kappa shape index (κ1) is 15.2. The first-order chi connectivity index (χ1) is 7.69. The maximum Gasteiger partial charge on any atom is 0.0622 e. The van der Waals surface area contributed by atoms with Crippen LogP contribution in [0.5, 0.6) is 0 Å². The zero-order valence-electron chi connectivity index (χ0n) is 11.7. The lowest BCUT2D eigenvalue weighted by Gasteiger charge is -2.14. The highest BCUT2D eigenvalue weighted by atomic mass is 15.3. The number of nitrogens with one attached hydrogen (secondary N) is 1. The van der Waals surface area contributed by atoms with E-state index in [4.69, 9.17) is 0 Å². The third-order valence-corrected chi connectivity index (χ3v) is 2.74. The third kappa shape index (κ3) is 4.35. The molecule has 0 aliphatic heterocycles. The van der Waals surface area contributed by atoms with Crippen LogP contribution in [-0.4, -0.2) is 23.4 Å². The number of aryl methyl sites for hydroxylation is 2. The van der Waals surface area contributed by atoms with E-state index in [2.05, 4.69) is 42.1 Å². The van der Waals surface area contributed by atoms with Crippen molar-refractivity contribution in [1.82, 2.24) is 15.1 Å². The van der Waals surface area contributed by atoms with Gasteiger partial charge in [-0.1, -0.05) is 20.8 Å². The molecule has 3 heteroatoms. The van der Waals surface area contributed by atoms with E-state index in [1.165, 1.54) is 5.56 Å². The Bertz CT molecular complexity index is 259. The summed E-state index contributed by atoms with van der Waals surface area (Å²) in [6, 6.07) is 0.537. The zero-order chi connectivity index (χ0) is 12.6. The molecule has 1 heterocycles. The van der Waals surface area contributed by atoms with Gasteiger partial charge in [-0.15, -0.1) is 0 Å². The Kier molecular flexibility index (Phi) is 7.90. The van der Waals surface area contributed by atoms with Crippen molar-refractivity contribution in [3.05, 3.63) is 17.5 Å². The second-order valence-electron chi connectivity index (χ2n) is 3.83. The molecule has 1 aromatic rings. The normalized spacial score (nSPS) is 11.9. The summed E-state index contributed by atoms with van der Waals surface area (Å²) in [5.74, 6) is 0. The predicted molar refractivity (Wildman–Crippen MR) is 70.9 cm³/mol. The molecule has 1 rings (SSSR count). The van der Waals surface area contributed by atoms with Crippen molar-refractivity contribution < 1.29 is 0 Å². The lowest BCUT2D eigenvalue weighted by Crippen LogP contribution is -2.16. The van der Waals surface area contributed by atoms with Gasteiger partial charge in [-0.2, -0.15) is 5.10 Å². The van der Waals surface area contributed by atoms with Crippen molar-refractivity contribution in [3.8, 4) is 0 Å². The monoisotopic (exact) mass is 225 g/mol. The highest BCUT2D eigenvalue weighted by molar-refractivity contribution is 5.12. The Labute approximate surface area is 100 Å². The van der Waals surface area contributed by atoms with Gasteiger partial charge in [-0.05, 0) is 45.8 Å². The van der Waals surface area contributed by atoms with Crippen LogP contribution in [0.1, 0.15) is 50.9 Å². The van der Waals surface area contributed by atoms with Gasteiger partial charge in [0.05, 0.1) is 11.7 Å². The van der Waals surface area contributed by atoms with Gasteiger partial charge >= 0.3 is 0 Å². The predicted octanol–water partition coefficient (Wildman–Crippen LogP) is 3.09. The molecule has 0 saturated heterocycles. The van der Waals surface area contributed by atoms with Crippen molar-refractivity contribution in [2.75, 3.05) is 13.6 Å². The highest BCUT2D eigenvalue weighted by Crippen LogP contribution is 2.16. The van der Waals surface area contributed by atoms with Gasteiger partial charge in [-0.3, -0.25) is 4.68 Å². The van der Waals surface area contributed by atoms with Crippen molar-refractivity contribution in [1.29, 1.82) is 0 Å². The average molecular weight is 225 g/mol. The first-order valence-electron chi connectivity index (χ1n) is 6.36. The Morgan fingerprint density at radius 2 is 2.00 bits per heavy atom. The molecule has 0 aliphatic rings. The molecule has 0 aromatic carbocycles. The molecule has 1 unspecified atom stereocenters. The minimum absolute atomic E-state index is 0.537. The summed E-state index contributed by atoms with van der Waals surface area (Å²) in [6.45, 7) is 11.4. The summed E-state index contributed by atoms with van der Waals surface area (Å²) in [5.41, 5.74) is 2.43. The minimum Gasteiger partial charge on any atom is -0.320 e. The van der Waals surface area contributed by atoms with E-state index >= 15 is 0 Å². The molecular formula is C13H27N3. The molecular weight excluding hydrogens is 198 g/mol. The SMILES string of the molecule is CC.CCC(CCNC)n1cc(C)c(C)n1. The van der Waals surface area contributed by atoms with Gasteiger partial charge in [0.15, 0.2) is 0 Å². The van der Waals surface area contributed by atoms with E-state index in [1.54, 1.807) is 0 Å². The molecule has 94 valence electrons. The minimum atomic E-state index is 0.537. The largest absolute Gasteiger partial charge is 0.320 e. The Morgan fingerprint density at radius 1 is 1.38 bits per heavy atom. The number of hydrogen-bond donors (Lipinski definition) is 1. The standard InChI is InChI=1S/C11H21N3.C2H6/c1-5-11(6-7-12-4)14-8-9(2)10(3)13-14;1-2/h8,11-12H,5-7H2,1-4H3;1-2H3. The van der Waals surface area contributed by atoms with Gasteiger partial charge < -0.3 is 5.32 Å². The fourth-order valence-electron chi connectivity index (χ4n) is 1.59. The molecule has 0 spiro atoms. The molecule has 0 fully saturated rings. The molecule has 1 aromatic heterocycles. The van der Waals surface area contributed by atoms with Crippen LogP contribution in [0.2, 0.25) is 0 Å². The van der Waals surface area contributed by atoms with Crippen molar-refractivity contribution >= 4 is 0 Å². The summed E-state index contributed by atoms with van der Waals surface area (Å²) in [7, 11) is 1.99. The number of nitrogens with zero attached hydrogens (tertiary/aromatic N) is 2. The van der Waals surface area contributed by atoms with Crippen molar-refractivity contribution in [2.24, 2.45) is 0 Å². The van der Waals surface area contributed by atoms with Gasteiger partial charge in [-0.25, -0.2) is 0 Å². The molecule has 1 atom stereocenters. The van der Waals surface area contributed by atoms with Crippen LogP contribution in [0, 0.1) is 13.8 Å². The van der Waals surface area contributed by atoms with Crippen LogP contribution in [0.25, 0.3) is 0 Å². The second-order valence-corrected chi connectivity index (χ2v) is 3.83. The van der Waals surface area contributed by atoms with E-state index in [-0.39, 0.29) is 0 Å². The Hall–Kier alpha value is -0.830. The molecule has 0 aliphatic carbocycles. The van der Waals surface area contributed by atoms with E-state index in [0.717, 1.165) is 25.1 Å². The van der Waals surface area contributed by atoms with Gasteiger partial charge in [0, 0.05) is 6.20 Å². The van der Waals surface area contributed by atoms with Crippen LogP contribution < -0.4 is 5.32 Å². The van der Waals surface area contributed by atoms with E-state index in [9.17, 15) is 0 Å². The molecule has 0 amide bonds. The van der Waals surface area contributed by atoms with Gasteiger partial charge in [0.1, 0.15) is 0 Å². The lowest BCUT2D eigenvalue weighted by atomic mass is 10.1. The Morgan fingerprint density at radius 3 is 2.38 bits per heavy atom. The topological polar surface area (TPSA) is 29.9 Å². The summed E-state index contributed by atoms with van der Waals surface area (Å²) < 4.78 is 2.11. The van der Waals surface area contributed by atoms with E-state index in [1.807, 2.05) is 20.9 Å². The molecule has 0 saturated carbocycles. The van der Waals surface area contributed by atoms with E-state index in [0.29, 0.717) is 6.04 Å². The van der Waals surface area contributed by atoms with Crippen LogP contribution in [0.15, 0.2) is 6.20 Å². The molecule has 3 nitrogen and oxygen atoms in total. The molecule has 16 heavy (non-hydrogen) atoms. The van der Waals surface area contributed by atoms with Crippen LogP contribution in [0.4, 0.5) is 0 Å². The summed E-state index contributed by atoms with van der Waals surface area (Å²) in [6.07, 6.45) is 4.44. The quantitative estimate of drug-likeness (QED) is 0.834. The van der Waals surface area contributed by atoms with Crippen molar-refractivity contribution in [2.45, 2.75) is 53.5 Å². The van der Waals surface area contributed by atoms with Crippen LogP contribution in [0.3, 0.4) is 0 Å². The second kappa shape index (κ2) is 8.34. The van der Waals surface area contributed by atoms with Crippen LogP contribution in [-0.2, 0) is 0 Å². The highest BCUT2D eigenvalue weighted by Gasteiger charge is 2.10. The fraction of sp³-hybridized carbons (Fsp3) is 0.769. The average Bonchev–Trinajstić information content (AvgIpc) is 2.63. The first-order valence-corrected chi connectivity index (χ1v) is 6.36. The number of hydrogen-bond acceptors (Lipinski definition) is 2. The van der Waals surface area contributed by atoms with E-state index < -0.39 is 0 Å². The molecule has 1 N–H and O–H groups in total. The van der Waals surface area contributed by atoms with Gasteiger partial charge in [0.2, 0.25) is 0 Å². The summed E-state index contributed by atoms with van der Waals surface area (Å²) in [4.78, 5) is 0. The molecule has 0 radical (unpaired) electrons. The van der Waals surface area contributed by atoms with Crippen molar-refractivity contribution in [3.63, 3.8) is 0 Å². The summed E-state index contributed by atoms with van der Waals surface area (Å²) >= 11 is 0. The van der Waals surface area contributed by atoms with Crippen LogP contribution >= 0.6 is 0 Å². The third-order valence-electron chi connectivity index (χ3n) is 2.74. The number of aromatic nitrogens is 2. The fourth-order valence-corrected chi connectivity index (χ4v) is 1.59. The maximum atomic E-state index is 4.52. The smallest absolute Gasteiger partial charge is 0.0622 e. The number of rotatable bonds is 5. The Balaban J connectivity index is 0.00000106. The summed E-state index contributed by atoms with van der Waals surface area (Å²) in [5, 5.41) is 7.71. The maximum absolute atomic E-state index is 4.52. The lowest BCUT2D eigenvalue weighted by molar-refractivity contribution is 0.406. The molecule has 0 bridgehead atoms.